The first kappa shape index (κ1) is 15.2. The lowest BCUT2D eigenvalue weighted by molar-refractivity contribution is -0.149. The minimum absolute atomic E-state index is 0.272. The van der Waals surface area contributed by atoms with Gasteiger partial charge in [-0.25, -0.2) is 0 Å². The van der Waals surface area contributed by atoms with Crippen molar-refractivity contribution < 1.29 is 19.1 Å². The first-order chi connectivity index (χ1) is 7.35. The van der Waals surface area contributed by atoms with E-state index in [1.165, 1.54) is 26.0 Å². The van der Waals surface area contributed by atoms with E-state index in [2.05, 4.69) is 9.47 Å². The molecule has 0 aromatic heterocycles. The van der Waals surface area contributed by atoms with Crippen LogP contribution < -0.4 is 5.73 Å². The van der Waals surface area contributed by atoms with E-state index in [-0.39, 0.29) is 5.97 Å². The number of ether oxygens (including phenoxy) is 2. The minimum atomic E-state index is -0.650. The summed E-state index contributed by atoms with van der Waals surface area (Å²) in [5.74, 6) is 0.257. The summed E-state index contributed by atoms with van der Waals surface area (Å²) in [6.07, 6.45) is 0. The van der Waals surface area contributed by atoms with Gasteiger partial charge in [-0.15, -0.1) is 0 Å². The van der Waals surface area contributed by atoms with Crippen LogP contribution in [-0.4, -0.2) is 43.7 Å². The second kappa shape index (κ2) is 6.75. The van der Waals surface area contributed by atoms with Crippen LogP contribution in [0, 0.1) is 5.41 Å². The maximum absolute atomic E-state index is 11.3. The Hall–Kier alpha value is -0.750. The van der Waals surface area contributed by atoms with E-state index in [9.17, 15) is 9.59 Å². The topological polar surface area (TPSA) is 78.6 Å². The molecule has 0 saturated heterocycles. The molecule has 94 valence electrons. The van der Waals surface area contributed by atoms with E-state index in [0.29, 0.717) is 11.5 Å². The van der Waals surface area contributed by atoms with Gasteiger partial charge in [-0.2, -0.15) is 11.8 Å². The van der Waals surface area contributed by atoms with Crippen LogP contribution in [0.15, 0.2) is 0 Å². The van der Waals surface area contributed by atoms with Crippen LogP contribution in [0.4, 0.5) is 0 Å². The van der Waals surface area contributed by atoms with Crippen LogP contribution in [-0.2, 0) is 19.1 Å². The third kappa shape index (κ3) is 4.85. The predicted molar refractivity (Wildman–Crippen MR) is 63.1 cm³/mol. The normalized spacial score (nSPS) is 13.1. The Balaban J connectivity index is 3.98. The molecule has 0 heterocycles. The van der Waals surface area contributed by atoms with Gasteiger partial charge >= 0.3 is 11.9 Å². The molecule has 1 unspecified atom stereocenters. The number of carbonyl (C=O) groups is 2. The number of methoxy groups -OCH3 is 2. The Morgan fingerprint density at radius 2 is 1.88 bits per heavy atom. The molecule has 0 rings (SSSR count). The molecule has 0 aliphatic heterocycles. The molecule has 0 aliphatic rings. The molecule has 0 radical (unpaired) electrons. The molecule has 6 heteroatoms. The summed E-state index contributed by atoms with van der Waals surface area (Å²) in [4.78, 5) is 22.3. The van der Waals surface area contributed by atoms with Gasteiger partial charge < -0.3 is 15.2 Å². The van der Waals surface area contributed by atoms with Crippen LogP contribution >= 0.6 is 11.8 Å². The summed E-state index contributed by atoms with van der Waals surface area (Å²) in [6, 6.07) is -0.650. The van der Waals surface area contributed by atoms with Gasteiger partial charge in [-0.3, -0.25) is 9.59 Å². The third-order valence-electron chi connectivity index (χ3n) is 2.00. The van der Waals surface area contributed by atoms with E-state index < -0.39 is 17.4 Å². The van der Waals surface area contributed by atoms with Crippen molar-refractivity contribution in [3.05, 3.63) is 0 Å². The van der Waals surface area contributed by atoms with Crippen LogP contribution in [0.3, 0.4) is 0 Å². The number of nitrogens with two attached hydrogens (primary N) is 1. The number of hydrogen-bond donors (Lipinski definition) is 1. The highest BCUT2D eigenvalue weighted by atomic mass is 32.2. The molecule has 16 heavy (non-hydrogen) atoms. The SMILES string of the molecule is COC(=O)C(N)CSCC(C)(C)C(=O)OC. The molecule has 1 atom stereocenters. The van der Waals surface area contributed by atoms with Gasteiger partial charge in [0.1, 0.15) is 6.04 Å². The molecule has 0 bridgehead atoms. The van der Waals surface area contributed by atoms with Crippen molar-refractivity contribution in [2.24, 2.45) is 11.1 Å². The quantitative estimate of drug-likeness (QED) is 0.687. The van der Waals surface area contributed by atoms with E-state index in [1.807, 2.05) is 0 Å². The largest absolute Gasteiger partial charge is 0.469 e. The Morgan fingerprint density at radius 3 is 2.31 bits per heavy atom. The maximum Gasteiger partial charge on any atom is 0.323 e. The zero-order valence-electron chi connectivity index (χ0n) is 10.1. The lowest BCUT2D eigenvalue weighted by atomic mass is 9.97. The van der Waals surface area contributed by atoms with Crippen molar-refractivity contribution in [2.75, 3.05) is 25.7 Å². The summed E-state index contributed by atoms with van der Waals surface area (Å²) < 4.78 is 9.16. The Bertz CT molecular complexity index is 255. The second-order valence-electron chi connectivity index (χ2n) is 4.02. The fraction of sp³-hybridized carbons (Fsp3) is 0.800. The van der Waals surface area contributed by atoms with Gasteiger partial charge in [-0.05, 0) is 13.8 Å². The number of rotatable bonds is 6. The molecular weight excluding hydrogens is 230 g/mol. The Kier molecular flexibility index (Phi) is 6.43. The van der Waals surface area contributed by atoms with Crippen LogP contribution in [0.25, 0.3) is 0 Å². The van der Waals surface area contributed by atoms with Crippen LogP contribution in [0.2, 0.25) is 0 Å². The average Bonchev–Trinajstić information content (AvgIpc) is 2.26. The molecule has 0 aliphatic carbocycles. The molecule has 5 nitrogen and oxygen atoms in total. The standard InChI is InChI=1S/C10H19NO4S/c1-10(2,9(13)15-4)6-16-5-7(11)8(12)14-3/h7H,5-6,11H2,1-4H3. The van der Waals surface area contributed by atoms with Gasteiger partial charge in [-0.1, -0.05) is 0 Å². The van der Waals surface area contributed by atoms with Gasteiger partial charge in [0.15, 0.2) is 0 Å². The van der Waals surface area contributed by atoms with Crippen molar-refractivity contribution in [3.63, 3.8) is 0 Å². The second-order valence-corrected chi connectivity index (χ2v) is 5.05. The molecule has 0 amide bonds. The van der Waals surface area contributed by atoms with E-state index in [4.69, 9.17) is 5.73 Å². The number of hydrogen-bond acceptors (Lipinski definition) is 6. The monoisotopic (exact) mass is 249 g/mol. The van der Waals surface area contributed by atoms with Gasteiger partial charge in [0.2, 0.25) is 0 Å². The lowest BCUT2D eigenvalue weighted by Crippen LogP contribution is -2.35. The highest BCUT2D eigenvalue weighted by Crippen LogP contribution is 2.23. The number of esters is 2. The summed E-state index contributed by atoms with van der Waals surface area (Å²) in [6.45, 7) is 3.57. The van der Waals surface area contributed by atoms with Gasteiger partial charge in [0, 0.05) is 11.5 Å². The van der Waals surface area contributed by atoms with E-state index in [1.54, 1.807) is 13.8 Å². The fourth-order valence-electron chi connectivity index (χ4n) is 0.996. The fourth-order valence-corrected chi connectivity index (χ4v) is 2.13. The minimum Gasteiger partial charge on any atom is -0.469 e. The lowest BCUT2D eigenvalue weighted by Gasteiger charge is -2.21. The summed E-state index contributed by atoms with van der Waals surface area (Å²) in [5, 5.41) is 0. The first-order valence-electron chi connectivity index (χ1n) is 4.84. The number of carbonyl (C=O) groups excluding carboxylic acids is 2. The average molecular weight is 249 g/mol. The van der Waals surface area contributed by atoms with Crippen LogP contribution in [0.1, 0.15) is 13.8 Å². The van der Waals surface area contributed by atoms with Crippen molar-refractivity contribution in [3.8, 4) is 0 Å². The summed E-state index contributed by atoms with van der Waals surface area (Å²) in [7, 11) is 2.65. The summed E-state index contributed by atoms with van der Waals surface area (Å²) in [5.41, 5.74) is 4.98. The van der Waals surface area contributed by atoms with Gasteiger partial charge in [0.05, 0.1) is 19.6 Å². The highest BCUT2D eigenvalue weighted by Gasteiger charge is 2.29. The molecule has 0 spiro atoms. The third-order valence-corrected chi connectivity index (χ3v) is 3.52. The Labute approximate surface area is 100 Å². The molecule has 0 aromatic rings. The highest BCUT2D eigenvalue weighted by molar-refractivity contribution is 7.99. The van der Waals surface area contributed by atoms with E-state index in [0.717, 1.165) is 0 Å². The molecule has 0 fully saturated rings. The van der Waals surface area contributed by atoms with Gasteiger partial charge in [0.25, 0.3) is 0 Å². The van der Waals surface area contributed by atoms with Crippen molar-refractivity contribution in [1.29, 1.82) is 0 Å². The molecular formula is C10H19NO4S. The van der Waals surface area contributed by atoms with E-state index >= 15 is 0 Å². The Morgan fingerprint density at radius 1 is 1.31 bits per heavy atom. The van der Waals surface area contributed by atoms with Crippen molar-refractivity contribution in [1.82, 2.24) is 0 Å². The molecule has 2 N–H and O–H groups in total. The molecule has 0 saturated carbocycles. The predicted octanol–water partition coefficient (Wildman–Crippen LogP) is 0.419. The smallest absolute Gasteiger partial charge is 0.323 e. The maximum atomic E-state index is 11.3. The zero-order chi connectivity index (χ0) is 12.8. The number of thioether (sulfide) groups is 1. The van der Waals surface area contributed by atoms with Crippen molar-refractivity contribution in [2.45, 2.75) is 19.9 Å². The summed E-state index contributed by atoms with van der Waals surface area (Å²) >= 11 is 1.43. The van der Waals surface area contributed by atoms with Crippen molar-refractivity contribution >= 4 is 23.7 Å². The van der Waals surface area contributed by atoms with Crippen LogP contribution in [0.5, 0.6) is 0 Å². The molecule has 0 aromatic carbocycles. The zero-order valence-corrected chi connectivity index (χ0v) is 10.9. The first-order valence-corrected chi connectivity index (χ1v) is 6.00.